The van der Waals surface area contributed by atoms with Gasteiger partial charge in [-0.2, -0.15) is 0 Å². The Bertz CT molecular complexity index is 744. The Morgan fingerprint density at radius 2 is 1.00 bits per heavy atom. The van der Waals surface area contributed by atoms with Crippen LogP contribution in [0.3, 0.4) is 0 Å². The topological polar surface area (TPSA) is 32.8 Å². The molecule has 2 heteroatoms. The Balaban J connectivity index is 1.93. The van der Waals surface area contributed by atoms with Crippen LogP contribution in [0.5, 0.6) is 0 Å². The lowest BCUT2D eigenvalue weighted by atomic mass is 9.77. The van der Waals surface area contributed by atoms with Crippen molar-refractivity contribution in [2.75, 3.05) is 6.61 Å². The van der Waals surface area contributed by atoms with Crippen LogP contribution in [0.4, 0.5) is 0 Å². The van der Waals surface area contributed by atoms with Crippen molar-refractivity contribution in [3.05, 3.63) is 108 Å². The molecule has 0 unspecified atom stereocenters. The second kappa shape index (κ2) is 5.34. The van der Waals surface area contributed by atoms with Gasteiger partial charge in [-0.1, -0.05) is 91.0 Å². The van der Waals surface area contributed by atoms with Crippen LogP contribution in [0, 0.1) is 0 Å². The van der Waals surface area contributed by atoms with E-state index in [1.54, 1.807) is 0 Å². The standard InChI is InChI=1S/C21H18O2/c22-16-20(17-10-4-1-5-11-17)21(23-20,18-12-6-2-7-13-18)19-14-8-3-9-15-19/h1-15,22H,16H2/t20-/m1/s1. The van der Waals surface area contributed by atoms with E-state index in [1.807, 2.05) is 66.7 Å². The number of epoxide rings is 1. The lowest BCUT2D eigenvalue weighted by Crippen LogP contribution is -2.27. The summed E-state index contributed by atoms with van der Waals surface area (Å²) in [5.41, 5.74) is 1.73. The molecule has 0 radical (unpaired) electrons. The summed E-state index contributed by atoms with van der Waals surface area (Å²) in [6, 6.07) is 30.2. The van der Waals surface area contributed by atoms with Gasteiger partial charge < -0.3 is 9.84 Å². The largest absolute Gasteiger partial charge is 0.393 e. The van der Waals surface area contributed by atoms with Gasteiger partial charge in [0, 0.05) is 0 Å². The predicted octanol–water partition coefficient (Wildman–Crippen LogP) is 3.85. The molecular formula is C21H18O2. The fourth-order valence-corrected chi connectivity index (χ4v) is 3.54. The average molecular weight is 302 g/mol. The van der Waals surface area contributed by atoms with Gasteiger partial charge in [0.25, 0.3) is 0 Å². The quantitative estimate of drug-likeness (QED) is 0.743. The summed E-state index contributed by atoms with van der Waals surface area (Å²) in [6.45, 7) is -0.0686. The third-order valence-corrected chi connectivity index (χ3v) is 4.68. The van der Waals surface area contributed by atoms with Crippen LogP contribution < -0.4 is 0 Å². The Hall–Kier alpha value is -2.42. The maximum atomic E-state index is 10.2. The van der Waals surface area contributed by atoms with Gasteiger partial charge in [-0.15, -0.1) is 0 Å². The summed E-state index contributed by atoms with van der Waals surface area (Å²) in [6.07, 6.45) is 0. The number of aliphatic hydroxyl groups excluding tert-OH is 1. The van der Waals surface area contributed by atoms with Crippen LogP contribution in [0.1, 0.15) is 16.7 Å². The molecular weight excluding hydrogens is 284 g/mol. The van der Waals surface area contributed by atoms with Gasteiger partial charge in [-0.3, -0.25) is 0 Å². The van der Waals surface area contributed by atoms with Crippen molar-refractivity contribution in [1.29, 1.82) is 0 Å². The first-order chi connectivity index (χ1) is 11.3. The Kier molecular flexibility index (Phi) is 3.29. The first-order valence-corrected chi connectivity index (χ1v) is 7.81. The highest BCUT2D eigenvalue weighted by Crippen LogP contribution is 2.65. The fourth-order valence-electron chi connectivity index (χ4n) is 3.54. The third kappa shape index (κ3) is 1.96. The van der Waals surface area contributed by atoms with Crippen LogP contribution in [-0.2, 0) is 15.9 Å². The predicted molar refractivity (Wildman–Crippen MR) is 90.0 cm³/mol. The van der Waals surface area contributed by atoms with Gasteiger partial charge >= 0.3 is 0 Å². The van der Waals surface area contributed by atoms with E-state index in [0.29, 0.717) is 0 Å². The molecule has 1 aliphatic heterocycles. The van der Waals surface area contributed by atoms with Gasteiger partial charge in [0.1, 0.15) is 0 Å². The number of hydrogen-bond acceptors (Lipinski definition) is 2. The van der Waals surface area contributed by atoms with E-state index in [0.717, 1.165) is 16.7 Å². The molecule has 4 rings (SSSR count). The molecule has 3 aromatic carbocycles. The van der Waals surface area contributed by atoms with Gasteiger partial charge in [-0.25, -0.2) is 0 Å². The Labute approximate surface area is 136 Å². The Morgan fingerprint density at radius 1 is 0.609 bits per heavy atom. The zero-order valence-corrected chi connectivity index (χ0v) is 12.7. The van der Waals surface area contributed by atoms with E-state index in [1.165, 1.54) is 0 Å². The minimum atomic E-state index is -0.739. The van der Waals surface area contributed by atoms with Crippen LogP contribution in [0.15, 0.2) is 91.0 Å². The maximum Gasteiger partial charge on any atom is 0.155 e. The highest BCUT2D eigenvalue weighted by Gasteiger charge is 2.72. The molecule has 3 aromatic rings. The molecule has 1 aliphatic rings. The van der Waals surface area contributed by atoms with Crippen LogP contribution >= 0.6 is 0 Å². The number of rotatable bonds is 4. The van der Waals surface area contributed by atoms with Crippen molar-refractivity contribution >= 4 is 0 Å². The summed E-state index contributed by atoms with van der Waals surface area (Å²) >= 11 is 0. The SMILES string of the molecule is OC[C@]1(c2ccccc2)OC1(c1ccccc1)c1ccccc1. The van der Waals surface area contributed by atoms with Gasteiger partial charge in [-0.05, 0) is 16.7 Å². The molecule has 0 spiro atoms. The molecule has 0 bridgehead atoms. The molecule has 0 aromatic heterocycles. The normalized spacial score (nSPS) is 21.8. The smallest absolute Gasteiger partial charge is 0.155 e. The molecule has 1 N–H and O–H groups in total. The lowest BCUT2D eigenvalue weighted by molar-refractivity contribution is 0.171. The van der Waals surface area contributed by atoms with Crippen molar-refractivity contribution < 1.29 is 9.84 Å². The Morgan fingerprint density at radius 3 is 1.39 bits per heavy atom. The van der Waals surface area contributed by atoms with Crippen molar-refractivity contribution in [2.24, 2.45) is 0 Å². The molecule has 1 atom stereocenters. The van der Waals surface area contributed by atoms with Crippen molar-refractivity contribution in [2.45, 2.75) is 11.2 Å². The average Bonchev–Trinajstić information content (AvgIpc) is 3.36. The molecule has 2 nitrogen and oxygen atoms in total. The second-order valence-electron chi connectivity index (χ2n) is 5.87. The number of hydrogen-bond donors (Lipinski definition) is 1. The second-order valence-corrected chi connectivity index (χ2v) is 5.87. The van der Waals surface area contributed by atoms with E-state index >= 15 is 0 Å². The summed E-state index contributed by atoms with van der Waals surface area (Å²) < 4.78 is 6.35. The molecule has 0 aliphatic carbocycles. The third-order valence-electron chi connectivity index (χ3n) is 4.68. The first-order valence-electron chi connectivity index (χ1n) is 7.81. The van der Waals surface area contributed by atoms with Crippen molar-refractivity contribution in [3.8, 4) is 0 Å². The first kappa shape index (κ1) is 14.2. The van der Waals surface area contributed by atoms with Crippen LogP contribution in [-0.4, -0.2) is 11.7 Å². The van der Waals surface area contributed by atoms with E-state index in [9.17, 15) is 5.11 Å². The van der Waals surface area contributed by atoms with Crippen LogP contribution in [0.2, 0.25) is 0 Å². The van der Waals surface area contributed by atoms with Crippen molar-refractivity contribution in [1.82, 2.24) is 0 Å². The minimum Gasteiger partial charge on any atom is -0.393 e. The van der Waals surface area contributed by atoms with Gasteiger partial charge in [0.2, 0.25) is 0 Å². The summed E-state index contributed by atoms with van der Waals surface area (Å²) in [5.74, 6) is 0. The number of aliphatic hydroxyl groups is 1. The number of ether oxygens (including phenoxy) is 1. The molecule has 0 saturated carbocycles. The maximum absolute atomic E-state index is 10.2. The van der Waals surface area contributed by atoms with Gasteiger partial charge in [0.05, 0.1) is 6.61 Å². The van der Waals surface area contributed by atoms with E-state index in [4.69, 9.17) is 4.74 Å². The van der Waals surface area contributed by atoms with E-state index in [-0.39, 0.29) is 6.61 Å². The van der Waals surface area contributed by atoms with E-state index < -0.39 is 11.2 Å². The molecule has 114 valence electrons. The van der Waals surface area contributed by atoms with Gasteiger partial charge in [0.15, 0.2) is 11.2 Å². The fraction of sp³-hybridized carbons (Fsp3) is 0.143. The highest BCUT2D eigenvalue weighted by atomic mass is 16.6. The molecule has 0 amide bonds. The summed E-state index contributed by atoms with van der Waals surface area (Å²) in [5, 5.41) is 10.2. The molecule has 23 heavy (non-hydrogen) atoms. The molecule has 1 saturated heterocycles. The van der Waals surface area contributed by atoms with Crippen LogP contribution in [0.25, 0.3) is 0 Å². The summed E-state index contributed by atoms with van der Waals surface area (Å²) in [7, 11) is 0. The van der Waals surface area contributed by atoms with E-state index in [2.05, 4.69) is 24.3 Å². The zero-order valence-electron chi connectivity index (χ0n) is 12.7. The molecule has 1 heterocycles. The zero-order chi connectivity index (χ0) is 15.8. The highest BCUT2D eigenvalue weighted by molar-refractivity contribution is 5.51. The lowest BCUT2D eigenvalue weighted by Gasteiger charge is -2.20. The summed E-state index contributed by atoms with van der Waals surface area (Å²) in [4.78, 5) is 0. The molecule has 1 fully saturated rings. The minimum absolute atomic E-state index is 0.0686. The number of benzene rings is 3. The monoisotopic (exact) mass is 302 g/mol. The van der Waals surface area contributed by atoms with Crippen molar-refractivity contribution in [3.63, 3.8) is 0 Å².